The minimum absolute atomic E-state index is 0.116. The van der Waals surface area contributed by atoms with Crippen LogP contribution in [0.15, 0.2) is 23.8 Å². The lowest BCUT2D eigenvalue weighted by molar-refractivity contribution is -0.122. The third-order valence-electron chi connectivity index (χ3n) is 1.55. The molecule has 0 aromatic carbocycles. The van der Waals surface area contributed by atoms with Gasteiger partial charge >= 0.3 is 0 Å². The standard InChI is InChI=1S/C8H8O2/c1-6-3-2-4-8(10)7(6)5-9/h2-5,7H,1H3. The summed E-state index contributed by atoms with van der Waals surface area (Å²) in [6.07, 6.45) is 5.54. The molecule has 0 heterocycles. The maximum absolute atomic E-state index is 10.9. The van der Waals surface area contributed by atoms with Crippen molar-refractivity contribution in [1.29, 1.82) is 0 Å². The molecule has 0 saturated carbocycles. The van der Waals surface area contributed by atoms with Crippen LogP contribution in [0.4, 0.5) is 0 Å². The highest BCUT2D eigenvalue weighted by atomic mass is 16.1. The Morgan fingerprint density at radius 1 is 1.60 bits per heavy atom. The molecular formula is C8H8O2. The smallest absolute Gasteiger partial charge is 0.169 e. The number of rotatable bonds is 1. The Morgan fingerprint density at radius 3 is 2.70 bits per heavy atom. The largest absolute Gasteiger partial charge is 0.302 e. The van der Waals surface area contributed by atoms with Gasteiger partial charge in [0.25, 0.3) is 0 Å². The van der Waals surface area contributed by atoms with Crippen LogP contribution in [-0.4, -0.2) is 12.1 Å². The van der Waals surface area contributed by atoms with Gasteiger partial charge in [-0.15, -0.1) is 0 Å². The summed E-state index contributed by atoms with van der Waals surface area (Å²) in [5.41, 5.74) is 0.822. The molecule has 0 bridgehead atoms. The van der Waals surface area contributed by atoms with Crippen LogP contribution in [-0.2, 0) is 9.59 Å². The van der Waals surface area contributed by atoms with E-state index in [4.69, 9.17) is 0 Å². The van der Waals surface area contributed by atoms with Crippen molar-refractivity contribution in [3.8, 4) is 0 Å². The first kappa shape index (κ1) is 6.93. The highest BCUT2D eigenvalue weighted by Crippen LogP contribution is 2.13. The molecule has 2 nitrogen and oxygen atoms in total. The molecule has 0 aliphatic heterocycles. The Hall–Kier alpha value is -1.18. The lowest BCUT2D eigenvalue weighted by Crippen LogP contribution is -2.16. The van der Waals surface area contributed by atoms with Gasteiger partial charge < -0.3 is 4.79 Å². The van der Waals surface area contributed by atoms with Crippen LogP contribution in [0.1, 0.15) is 6.92 Å². The fourth-order valence-corrected chi connectivity index (χ4v) is 0.901. The molecule has 0 aromatic heterocycles. The van der Waals surface area contributed by atoms with E-state index in [-0.39, 0.29) is 5.78 Å². The van der Waals surface area contributed by atoms with Gasteiger partial charge in [0.1, 0.15) is 6.29 Å². The SMILES string of the molecule is CC1=CC=CC(=O)C1C=O. The number of hydrogen-bond donors (Lipinski definition) is 0. The van der Waals surface area contributed by atoms with Gasteiger partial charge in [-0.05, 0) is 13.0 Å². The average molecular weight is 136 g/mol. The van der Waals surface area contributed by atoms with Crippen molar-refractivity contribution in [2.45, 2.75) is 6.92 Å². The molecule has 1 atom stereocenters. The van der Waals surface area contributed by atoms with E-state index < -0.39 is 5.92 Å². The summed E-state index contributed by atoms with van der Waals surface area (Å²) >= 11 is 0. The fourth-order valence-electron chi connectivity index (χ4n) is 0.901. The third-order valence-corrected chi connectivity index (χ3v) is 1.55. The van der Waals surface area contributed by atoms with Gasteiger partial charge in [-0.2, -0.15) is 0 Å². The minimum atomic E-state index is -0.523. The third kappa shape index (κ3) is 1.05. The second-order valence-corrected chi connectivity index (χ2v) is 2.29. The summed E-state index contributed by atoms with van der Waals surface area (Å²) in [5, 5.41) is 0. The van der Waals surface area contributed by atoms with E-state index in [1.165, 1.54) is 6.08 Å². The second-order valence-electron chi connectivity index (χ2n) is 2.29. The lowest BCUT2D eigenvalue weighted by Gasteiger charge is -2.08. The first-order valence-corrected chi connectivity index (χ1v) is 3.09. The van der Waals surface area contributed by atoms with E-state index in [1.54, 1.807) is 19.1 Å². The van der Waals surface area contributed by atoms with Crippen LogP contribution in [0, 0.1) is 5.92 Å². The molecule has 0 spiro atoms. The Morgan fingerprint density at radius 2 is 2.30 bits per heavy atom. The molecule has 10 heavy (non-hydrogen) atoms. The van der Waals surface area contributed by atoms with Crippen LogP contribution >= 0.6 is 0 Å². The predicted molar refractivity (Wildman–Crippen MR) is 37.5 cm³/mol. The number of carbonyl (C=O) groups excluding carboxylic acids is 2. The molecule has 0 saturated heterocycles. The Bertz CT molecular complexity index is 223. The number of hydrogen-bond acceptors (Lipinski definition) is 2. The molecule has 1 aliphatic rings. The minimum Gasteiger partial charge on any atom is -0.302 e. The van der Waals surface area contributed by atoms with Crippen LogP contribution in [0.25, 0.3) is 0 Å². The summed E-state index contributed by atoms with van der Waals surface area (Å²) in [5.74, 6) is -0.639. The molecule has 0 aromatic rings. The fraction of sp³-hybridized carbons (Fsp3) is 0.250. The monoisotopic (exact) mass is 136 g/mol. The van der Waals surface area contributed by atoms with Crippen LogP contribution < -0.4 is 0 Å². The quantitative estimate of drug-likeness (QED) is 0.396. The van der Waals surface area contributed by atoms with Crippen LogP contribution in [0.2, 0.25) is 0 Å². The molecule has 1 rings (SSSR count). The van der Waals surface area contributed by atoms with Gasteiger partial charge in [0.05, 0.1) is 5.92 Å². The van der Waals surface area contributed by atoms with E-state index in [1.807, 2.05) is 0 Å². The van der Waals surface area contributed by atoms with Crippen molar-refractivity contribution < 1.29 is 9.59 Å². The van der Waals surface area contributed by atoms with Gasteiger partial charge in [0, 0.05) is 0 Å². The summed E-state index contributed by atoms with van der Waals surface area (Å²) in [6, 6.07) is 0. The first-order valence-electron chi connectivity index (χ1n) is 3.09. The Labute approximate surface area is 59.2 Å². The van der Waals surface area contributed by atoms with Gasteiger partial charge in [-0.25, -0.2) is 0 Å². The van der Waals surface area contributed by atoms with E-state index in [9.17, 15) is 9.59 Å². The number of aldehydes is 1. The summed E-state index contributed by atoms with van der Waals surface area (Å²) in [4.78, 5) is 21.2. The normalized spacial score (nSPS) is 24.3. The predicted octanol–water partition coefficient (Wildman–Crippen LogP) is 0.887. The summed E-state index contributed by atoms with van der Waals surface area (Å²) in [6.45, 7) is 1.78. The van der Waals surface area contributed by atoms with Crippen molar-refractivity contribution >= 4 is 12.1 Å². The summed E-state index contributed by atoms with van der Waals surface area (Å²) < 4.78 is 0. The molecule has 1 aliphatic carbocycles. The van der Waals surface area contributed by atoms with Gasteiger partial charge in [0.2, 0.25) is 0 Å². The van der Waals surface area contributed by atoms with Gasteiger partial charge in [-0.3, -0.25) is 4.79 Å². The molecule has 0 radical (unpaired) electrons. The maximum Gasteiger partial charge on any atom is 0.169 e. The average Bonchev–Trinajstić information content (AvgIpc) is 1.88. The molecule has 52 valence electrons. The molecule has 1 unspecified atom stereocenters. The molecule has 0 amide bonds. The zero-order valence-corrected chi connectivity index (χ0v) is 5.70. The zero-order valence-electron chi connectivity index (χ0n) is 5.70. The van der Waals surface area contributed by atoms with E-state index in [0.29, 0.717) is 6.29 Å². The van der Waals surface area contributed by atoms with Crippen molar-refractivity contribution in [2.75, 3.05) is 0 Å². The highest BCUT2D eigenvalue weighted by molar-refractivity contribution is 6.04. The number of carbonyl (C=O) groups is 2. The van der Waals surface area contributed by atoms with Gasteiger partial charge in [0.15, 0.2) is 5.78 Å². The topological polar surface area (TPSA) is 34.1 Å². The molecule has 0 N–H and O–H groups in total. The molecule has 0 fully saturated rings. The Balaban J connectivity index is 2.91. The van der Waals surface area contributed by atoms with E-state index >= 15 is 0 Å². The zero-order chi connectivity index (χ0) is 7.56. The number of allylic oxidation sites excluding steroid dienone is 4. The molecule has 2 heteroatoms. The number of ketones is 1. The van der Waals surface area contributed by atoms with Crippen LogP contribution in [0.5, 0.6) is 0 Å². The van der Waals surface area contributed by atoms with Crippen molar-refractivity contribution in [2.24, 2.45) is 5.92 Å². The second kappa shape index (κ2) is 2.60. The van der Waals surface area contributed by atoms with Crippen LogP contribution in [0.3, 0.4) is 0 Å². The molecular weight excluding hydrogens is 128 g/mol. The lowest BCUT2D eigenvalue weighted by atomic mass is 9.93. The van der Waals surface area contributed by atoms with Crippen molar-refractivity contribution in [3.63, 3.8) is 0 Å². The van der Waals surface area contributed by atoms with Crippen molar-refractivity contribution in [1.82, 2.24) is 0 Å². The van der Waals surface area contributed by atoms with E-state index in [2.05, 4.69) is 0 Å². The maximum atomic E-state index is 10.9. The van der Waals surface area contributed by atoms with Gasteiger partial charge in [-0.1, -0.05) is 17.7 Å². The summed E-state index contributed by atoms with van der Waals surface area (Å²) in [7, 11) is 0. The Kier molecular flexibility index (Phi) is 1.81. The first-order chi connectivity index (χ1) is 4.75. The van der Waals surface area contributed by atoms with E-state index in [0.717, 1.165) is 5.57 Å². The van der Waals surface area contributed by atoms with Crippen molar-refractivity contribution in [3.05, 3.63) is 23.8 Å². The highest BCUT2D eigenvalue weighted by Gasteiger charge is 2.18.